The van der Waals surface area contributed by atoms with Crippen molar-refractivity contribution < 1.29 is 14.3 Å². The number of aromatic nitrogens is 2. The van der Waals surface area contributed by atoms with Crippen LogP contribution in [0.2, 0.25) is 0 Å². The van der Waals surface area contributed by atoms with Gasteiger partial charge in [-0.3, -0.25) is 14.4 Å². The Hall–Kier alpha value is -2.18. The van der Waals surface area contributed by atoms with Gasteiger partial charge in [0.25, 0.3) is 11.5 Å². The molecule has 1 heterocycles. The third-order valence-electron chi connectivity index (χ3n) is 3.15. The topological polar surface area (TPSA) is 101 Å². The first kappa shape index (κ1) is 14.2. The van der Waals surface area contributed by atoms with E-state index in [1.54, 1.807) is 6.92 Å². The molecule has 108 valence electrons. The Morgan fingerprint density at radius 2 is 2.15 bits per heavy atom. The number of carbonyl (C=O) groups excluding carboxylic acids is 2. The van der Waals surface area contributed by atoms with Gasteiger partial charge in [0.2, 0.25) is 0 Å². The zero-order valence-electron chi connectivity index (χ0n) is 11.5. The molecule has 2 rings (SSSR count). The monoisotopic (exact) mass is 279 g/mol. The van der Waals surface area contributed by atoms with Crippen molar-refractivity contribution in [3.63, 3.8) is 0 Å². The summed E-state index contributed by atoms with van der Waals surface area (Å²) < 4.78 is 4.46. The first-order valence-electron chi connectivity index (χ1n) is 6.48. The average molecular weight is 279 g/mol. The van der Waals surface area contributed by atoms with Gasteiger partial charge in [0.15, 0.2) is 0 Å². The predicted molar refractivity (Wildman–Crippen MR) is 70.5 cm³/mol. The lowest BCUT2D eigenvalue weighted by Gasteiger charge is -2.07. The standard InChI is InChI=1S/C13H17N3O4/c1-7-10(12(18)14-6-5-9(17)20-2)13(19)16-11(15-7)8-3-4-8/h8H,3-6H2,1-2H3,(H,14,18)(H,15,16,19). The molecule has 0 bridgehead atoms. The van der Waals surface area contributed by atoms with E-state index >= 15 is 0 Å². The molecule has 0 unspecified atom stereocenters. The Kier molecular flexibility index (Phi) is 4.16. The number of amides is 1. The molecule has 7 heteroatoms. The van der Waals surface area contributed by atoms with E-state index in [0.29, 0.717) is 17.4 Å². The van der Waals surface area contributed by atoms with E-state index in [1.807, 2.05) is 0 Å². The number of nitrogens with zero attached hydrogens (tertiary/aromatic N) is 1. The molecule has 1 saturated carbocycles. The van der Waals surface area contributed by atoms with Crippen molar-refractivity contribution >= 4 is 11.9 Å². The Labute approximate surface area is 115 Å². The fourth-order valence-corrected chi connectivity index (χ4v) is 1.89. The van der Waals surface area contributed by atoms with E-state index in [9.17, 15) is 14.4 Å². The maximum Gasteiger partial charge on any atom is 0.307 e. The third kappa shape index (κ3) is 3.23. The highest BCUT2D eigenvalue weighted by Gasteiger charge is 2.27. The minimum atomic E-state index is -0.525. The van der Waals surface area contributed by atoms with Crippen LogP contribution in [0.4, 0.5) is 0 Å². The quantitative estimate of drug-likeness (QED) is 0.752. The molecule has 0 atom stereocenters. The number of aromatic amines is 1. The maximum atomic E-state index is 11.9. The fourth-order valence-electron chi connectivity index (χ4n) is 1.89. The van der Waals surface area contributed by atoms with E-state index in [2.05, 4.69) is 20.0 Å². The molecule has 1 aliphatic rings. The summed E-state index contributed by atoms with van der Waals surface area (Å²) in [5.41, 5.74) is -0.0274. The zero-order chi connectivity index (χ0) is 14.7. The SMILES string of the molecule is COC(=O)CCNC(=O)c1c(C)nc(C2CC2)[nH]c1=O. The van der Waals surface area contributed by atoms with Crippen molar-refractivity contribution in [3.05, 3.63) is 27.4 Å². The number of aryl methyl sites for hydroxylation is 1. The lowest BCUT2D eigenvalue weighted by Crippen LogP contribution is -2.33. The average Bonchev–Trinajstić information content (AvgIpc) is 3.21. The number of hydrogen-bond acceptors (Lipinski definition) is 5. The molecule has 20 heavy (non-hydrogen) atoms. The number of carbonyl (C=O) groups is 2. The van der Waals surface area contributed by atoms with Crippen LogP contribution in [0.25, 0.3) is 0 Å². The second kappa shape index (κ2) is 5.85. The van der Waals surface area contributed by atoms with Crippen molar-refractivity contribution in [2.24, 2.45) is 0 Å². The lowest BCUT2D eigenvalue weighted by molar-refractivity contribution is -0.140. The van der Waals surface area contributed by atoms with Crippen LogP contribution in [0.5, 0.6) is 0 Å². The van der Waals surface area contributed by atoms with Crippen molar-refractivity contribution in [3.8, 4) is 0 Å². The van der Waals surface area contributed by atoms with Crippen molar-refractivity contribution in [1.29, 1.82) is 0 Å². The van der Waals surface area contributed by atoms with Crippen LogP contribution in [-0.4, -0.2) is 35.5 Å². The predicted octanol–water partition coefficient (Wildman–Crippen LogP) is 0.249. The molecule has 7 nitrogen and oxygen atoms in total. The molecule has 0 radical (unpaired) electrons. The second-order valence-electron chi connectivity index (χ2n) is 4.77. The van der Waals surface area contributed by atoms with E-state index in [-0.39, 0.29) is 18.5 Å². The van der Waals surface area contributed by atoms with Crippen LogP contribution >= 0.6 is 0 Å². The Bertz CT molecular complexity index is 590. The number of rotatable bonds is 5. The largest absolute Gasteiger partial charge is 0.469 e. The van der Waals surface area contributed by atoms with Gasteiger partial charge in [-0.15, -0.1) is 0 Å². The summed E-state index contributed by atoms with van der Waals surface area (Å²) in [4.78, 5) is 41.7. The van der Waals surface area contributed by atoms with Crippen LogP contribution in [0, 0.1) is 6.92 Å². The Morgan fingerprint density at radius 3 is 2.70 bits per heavy atom. The van der Waals surface area contributed by atoms with E-state index in [1.165, 1.54) is 7.11 Å². The lowest BCUT2D eigenvalue weighted by atomic mass is 10.2. The number of ether oxygens (including phenoxy) is 1. The molecule has 0 aromatic carbocycles. The first-order valence-corrected chi connectivity index (χ1v) is 6.48. The van der Waals surface area contributed by atoms with Crippen molar-refractivity contribution in [2.75, 3.05) is 13.7 Å². The summed E-state index contributed by atoms with van der Waals surface area (Å²) in [6.07, 6.45) is 2.10. The van der Waals surface area contributed by atoms with Gasteiger partial charge in [0, 0.05) is 12.5 Å². The van der Waals surface area contributed by atoms with Crippen LogP contribution in [-0.2, 0) is 9.53 Å². The normalized spacial score (nSPS) is 13.9. The molecule has 1 aromatic rings. The first-order chi connectivity index (χ1) is 9.52. The van der Waals surface area contributed by atoms with Crippen LogP contribution in [0.15, 0.2) is 4.79 Å². The van der Waals surface area contributed by atoms with Gasteiger partial charge in [-0.25, -0.2) is 4.98 Å². The van der Waals surface area contributed by atoms with Gasteiger partial charge in [-0.05, 0) is 19.8 Å². The number of hydrogen-bond donors (Lipinski definition) is 2. The molecule has 1 aliphatic carbocycles. The van der Waals surface area contributed by atoms with Crippen LogP contribution < -0.4 is 10.9 Å². The Balaban J connectivity index is 2.06. The van der Waals surface area contributed by atoms with Gasteiger partial charge in [-0.1, -0.05) is 0 Å². The third-order valence-corrected chi connectivity index (χ3v) is 3.15. The summed E-state index contributed by atoms with van der Waals surface area (Å²) >= 11 is 0. The summed E-state index contributed by atoms with van der Waals surface area (Å²) in [5.74, 6) is 0.0251. The Morgan fingerprint density at radius 1 is 1.45 bits per heavy atom. The molecule has 1 aromatic heterocycles. The van der Waals surface area contributed by atoms with E-state index in [4.69, 9.17) is 0 Å². The molecular weight excluding hydrogens is 262 g/mol. The zero-order valence-corrected chi connectivity index (χ0v) is 11.5. The fraction of sp³-hybridized carbons (Fsp3) is 0.538. The van der Waals surface area contributed by atoms with Crippen LogP contribution in [0.1, 0.15) is 47.1 Å². The second-order valence-corrected chi connectivity index (χ2v) is 4.77. The van der Waals surface area contributed by atoms with Crippen LogP contribution in [0.3, 0.4) is 0 Å². The van der Waals surface area contributed by atoms with Gasteiger partial charge in [0.1, 0.15) is 11.4 Å². The minimum Gasteiger partial charge on any atom is -0.469 e. The minimum absolute atomic E-state index is 0.000680. The molecular formula is C13H17N3O4. The highest BCUT2D eigenvalue weighted by atomic mass is 16.5. The summed E-state index contributed by atoms with van der Waals surface area (Å²) in [5, 5.41) is 2.51. The molecule has 1 fully saturated rings. The summed E-state index contributed by atoms with van der Waals surface area (Å²) in [6, 6.07) is 0. The van der Waals surface area contributed by atoms with Crippen molar-refractivity contribution in [2.45, 2.75) is 32.1 Å². The van der Waals surface area contributed by atoms with Crippen molar-refractivity contribution in [1.82, 2.24) is 15.3 Å². The molecule has 2 N–H and O–H groups in total. The highest BCUT2D eigenvalue weighted by Crippen LogP contribution is 2.37. The molecule has 0 spiro atoms. The smallest absolute Gasteiger partial charge is 0.307 e. The van der Waals surface area contributed by atoms with E-state index < -0.39 is 17.4 Å². The molecule has 0 saturated heterocycles. The summed E-state index contributed by atoms with van der Waals surface area (Å²) in [6.45, 7) is 1.76. The maximum absolute atomic E-state index is 11.9. The van der Waals surface area contributed by atoms with Gasteiger partial charge in [0.05, 0.1) is 19.2 Å². The number of methoxy groups -OCH3 is 1. The number of H-pyrrole nitrogens is 1. The number of nitrogens with one attached hydrogen (secondary N) is 2. The highest BCUT2D eigenvalue weighted by molar-refractivity contribution is 5.94. The molecule has 1 amide bonds. The summed E-state index contributed by atoms with van der Waals surface area (Å²) in [7, 11) is 1.28. The number of esters is 1. The molecule has 0 aliphatic heterocycles. The van der Waals surface area contributed by atoms with Gasteiger partial charge in [-0.2, -0.15) is 0 Å². The van der Waals surface area contributed by atoms with E-state index in [0.717, 1.165) is 12.8 Å². The van der Waals surface area contributed by atoms with Gasteiger partial charge >= 0.3 is 5.97 Å². The van der Waals surface area contributed by atoms with Gasteiger partial charge < -0.3 is 15.0 Å².